The zero-order valence-corrected chi connectivity index (χ0v) is 25.6. The first-order valence-corrected chi connectivity index (χ1v) is 12.7. The van der Waals surface area contributed by atoms with Crippen molar-refractivity contribution in [1.29, 1.82) is 0 Å². The normalized spacial score (nSPS) is 9.72. The molecule has 0 fully saturated rings. The minimum absolute atomic E-state index is 0. The fraction of sp³-hybridized carbons (Fsp3) is 0.500. The molecule has 0 bridgehead atoms. The molecule has 0 heterocycles. The maximum absolute atomic E-state index is 10.7. The fourth-order valence-corrected chi connectivity index (χ4v) is 1.26. The molecule has 0 saturated carbocycles. The van der Waals surface area contributed by atoms with Gasteiger partial charge in [-0.25, -0.2) is 27.2 Å². The number of halogens is 4. The number of carboxylic acid groups (broad SMARTS) is 2. The monoisotopic (exact) mass is 712 g/mol. The van der Waals surface area contributed by atoms with Gasteiger partial charge in [0.2, 0.25) is 23.0 Å². The molecule has 0 aliphatic carbocycles. The van der Waals surface area contributed by atoms with Crippen LogP contribution in [-0.4, -0.2) is 134 Å². The van der Waals surface area contributed by atoms with Crippen LogP contribution in [0.15, 0.2) is 10.3 Å². The van der Waals surface area contributed by atoms with Crippen molar-refractivity contribution in [1.82, 2.24) is 0 Å². The van der Waals surface area contributed by atoms with Crippen molar-refractivity contribution in [3.8, 4) is 0 Å². The molecule has 20 heteroatoms. The molecule has 0 radical (unpaired) electrons. The van der Waals surface area contributed by atoms with E-state index in [9.17, 15) is 19.2 Å². The van der Waals surface area contributed by atoms with Gasteiger partial charge in [0.05, 0.1) is 10.7 Å². The average Bonchev–Trinajstić information content (AvgIpc) is 2.67. The first kappa shape index (κ1) is 47.2. The number of carbonyl (C=O) groups is 4. The van der Waals surface area contributed by atoms with Gasteiger partial charge < -0.3 is 36.8 Å². The molecule has 0 aromatic carbocycles. The number of hydrogen-bond acceptors (Lipinski definition) is 11. The van der Waals surface area contributed by atoms with Crippen molar-refractivity contribution in [2.24, 2.45) is 10.3 Å². The molecule has 0 aromatic rings. The largest absolute Gasteiger partial charge is 1.00 e. The van der Waals surface area contributed by atoms with Gasteiger partial charge in [-0.2, -0.15) is 0 Å². The van der Waals surface area contributed by atoms with Crippen molar-refractivity contribution in [3.05, 3.63) is 0 Å². The lowest BCUT2D eigenvalue weighted by atomic mass is 10.3. The molecule has 0 atom stereocenters. The van der Waals surface area contributed by atoms with Gasteiger partial charge in [-0.15, -0.1) is 0 Å². The van der Waals surface area contributed by atoms with Crippen LogP contribution in [0, 0.1) is 0 Å². The number of carbonyl (C=O) groups excluding carboxylic acids is 2. The Morgan fingerprint density at radius 1 is 0.861 bits per heavy atom. The Morgan fingerprint density at radius 2 is 1.03 bits per heavy atom. The summed E-state index contributed by atoms with van der Waals surface area (Å²) in [5, 5.41) is 22.6. The minimum Gasteiger partial charge on any atom is -1.00 e. The van der Waals surface area contributed by atoms with E-state index in [2.05, 4.69) is 76.0 Å². The quantitative estimate of drug-likeness (QED) is 0.0483. The highest BCUT2D eigenvalue weighted by atomic mass is 79.9. The summed E-state index contributed by atoms with van der Waals surface area (Å²) in [5.41, 5.74) is -1.21. The van der Waals surface area contributed by atoms with E-state index in [1.54, 1.807) is 9.15 Å². The Hall–Kier alpha value is -1.99. The van der Waals surface area contributed by atoms with Crippen LogP contribution >= 0.6 is 42.5 Å². The molecule has 0 unspecified atom stereocenters. The zero-order chi connectivity index (χ0) is 29.4. The van der Waals surface area contributed by atoms with Gasteiger partial charge in [0.1, 0.15) is 55.8 Å². The average molecular weight is 715 g/mol. The molecule has 0 aromatic heterocycles. The Labute approximate surface area is 236 Å². The predicted octanol–water partition coefficient (Wildman–Crippen LogP) is -3.32. The predicted molar refractivity (Wildman–Crippen MR) is 136 cm³/mol. The van der Waals surface area contributed by atoms with Crippen molar-refractivity contribution in [2.75, 3.05) is 53.1 Å². The van der Waals surface area contributed by atoms with Gasteiger partial charge >= 0.3 is 11.9 Å². The second-order valence-corrected chi connectivity index (χ2v) is 8.56. The van der Waals surface area contributed by atoms with Crippen LogP contribution in [-0.2, 0) is 38.2 Å². The lowest BCUT2D eigenvalue weighted by Crippen LogP contribution is -3.00. The van der Waals surface area contributed by atoms with E-state index in [-0.39, 0.29) is 23.1 Å². The van der Waals surface area contributed by atoms with Crippen LogP contribution in [0.3, 0.4) is 0 Å². The summed E-state index contributed by atoms with van der Waals surface area (Å²) in [5.74, 6) is -4.04. The van der Waals surface area contributed by atoms with E-state index in [1.807, 2.05) is 28.2 Å². The Bertz CT molecular complexity index is 811. The number of rotatable bonds is 8. The van der Waals surface area contributed by atoms with Crippen molar-refractivity contribution in [2.45, 2.75) is 0 Å². The van der Waals surface area contributed by atoms with E-state index >= 15 is 0 Å². The van der Waals surface area contributed by atoms with Crippen LogP contribution in [0.1, 0.15) is 0 Å². The second kappa shape index (κ2) is 29.2. The Kier molecular flexibility index (Phi) is 38.4. The van der Waals surface area contributed by atoms with E-state index in [4.69, 9.17) is 23.2 Å². The first-order chi connectivity index (χ1) is 15.7. The zero-order valence-electron chi connectivity index (χ0n) is 20.1. The lowest BCUT2D eigenvalue weighted by Gasteiger charge is -1.94. The summed E-state index contributed by atoms with van der Waals surface area (Å²) in [6, 6.07) is 0. The van der Waals surface area contributed by atoms with E-state index < -0.39 is 44.3 Å². The minimum atomic E-state index is -4.44. The second-order valence-electron chi connectivity index (χ2n) is 5.52. The first-order valence-electron chi connectivity index (χ1n) is 8.21. The van der Waals surface area contributed by atoms with Crippen LogP contribution in [0.25, 0.3) is 0 Å². The smallest absolute Gasteiger partial charge is 0.361 e. The molecule has 0 aliphatic heterocycles. The van der Waals surface area contributed by atoms with Crippen LogP contribution in [0.4, 0.5) is 0 Å². The highest BCUT2D eigenvalue weighted by Crippen LogP contribution is 1.90. The highest BCUT2D eigenvalue weighted by Gasteiger charge is 2.19. The third-order valence-corrected chi connectivity index (χ3v) is 2.56. The molecule has 0 spiro atoms. The molecule has 15 nitrogen and oxygen atoms in total. The van der Waals surface area contributed by atoms with E-state index in [0.29, 0.717) is 0 Å². The summed E-state index contributed by atoms with van der Waals surface area (Å²) in [6.45, 7) is 6.94. The molecular weight excluding hydrogens is 687 g/mol. The number of alkyl halides is 2. The van der Waals surface area contributed by atoms with Gasteiger partial charge in [0.25, 0.3) is 0 Å². The summed E-state index contributed by atoms with van der Waals surface area (Å²) in [7, 11) is 9.40. The number of hydrogen-bond donors (Lipinski definition) is 2. The summed E-state index contributed by atoms with van der Waals surface area (Å²) in [6.07, 6.45) is 0. The molecular formula is C16H28Br2Cl2N4O11S. The molecule has 0 amide bonds. The van der Waals surface area contributed by atoms with E-state index in [0.717, 1.165) is 0 Å². The molecule has 2 N–H and O–H groups in total. The van der Waals surface area contributed by atoms with Gasteiger partial charge in [-0.05, 0) is 0 Å². The summed E-state index contributed by atoms with van der Waals surface area (Å²) >= 11 is 5.61. The van der Waals surface area contributed by atoms with Crippen LogP contribution in [0.2, 0.25) is 0 Å². The van der Waals surface area contributed by atoms with Gasteiger partial charge in [0, 0.05) is 10.7 Å². The van der Waals surface area contributed by atoms with Gasteiger partial charge in [0.15, 0.2) is 9.33 Å². The summed E-state index contributed by atoms with van der Waals surface area (Å²) < 4.78 is 30.0. The molecule has 36 heavy (non-hydrogen) atoms. The standard InChI is InChI=1S/2C5H6BrNO4.2C3H8N.ClHO3S.ClH/c2*1-11-7-4(5(9)10)3(8)2-6;2*1-4(2)3;1-5(2,3)4;/h2*2H2,1H3,(H,9,10);2*1H2,2-3H3;(H,2,3,4);1H/q;;2*+1;;/p-2. The van der Waals surface area contributed by atoms with E-state index in [1.165, 1.54) is 14.2 Å². The SMILES string of the molecule is C=[N+](C)C.C=[N+](C)C.CON=C(C(=O)O)C(=O)CBr.CON=C(C(=O)O)C(=O)CBr.O=S(=O)([O-])Cl.[Cl-]. The number of nitrogens with zero attached hydrogens (tertiary/aromatic N) is 4. The van der Waals surface area contributed by atoms with Crippen molar-refractivity contribution in [3.63, 3.8) is 0 Å². The number of oxime groups is 2. The molecule has 0 saturated heterocycles. The number of ketones is 2. The Balaban J connectivity index is -0.0000000837. The van der Waals surface area contributed by atoms with Crippen LogP contribution in [0.5, 0.6) is 0 Å². The highest BCUT2D eigenvalue weighted by molar-refractivity contribution is 9.09. The number of carboxylic acids is 2. The maximum Gasteiger partial charge on any atom is 0.361 e. The van der Waals surface area contributed by atoms with Crippen molar-refractivity contribution < 1.29 is 73.6 Å². The lowest BCUT2D eigenvalue weighted by molar-refractivity contribution is -0.454. The molecule has 0 rings (SSSR count). The maximum atomic E-state index is 10.7. The van der Waals surface area contributed by atoms with Crippen LogP contribution < -0.4 is 12.4 Å². The number of Topliss-reactive ketones (excluding diaryl/α,β-unsaturated/α-hetero) is 2. The van der Waals surface area contributed by atoms with Crippen molar-refractivity contribution >= 4 is 100 Å². The molecule has 0 aliphatic rings. The fourth-order valence-electron chi connectivity index (χ4n) is 0.728. The van der Waals surface area contributed by atoms with Gasteiger partial charge in [-0.3, -0.25) is 9.59 Å². The third-order valence-electron chi connectivity index (χ3n) is 1.54. The number of aliphatic carboxylic acids is 2. The van der Waals surface area contributed by atoms with Gasteiger partial charge in [-0.1, -0.05) is 42.2 Å². The molecule has 212 valence electrons. The third kappa shape index (κ3) is 53.4. The Morgan fingerprint density at radius 3 is 1.11 bits per heavy atom. The summed E-state index contributed by atoms with van der Waals surface area (Å²) in [4.78, 5) is 50.2. The topological polar surface area (TPSA) is 215 Å².